The third kappa shape index (κ3) is 5.82. The summed E-state index contributed by atoms with van der Waals surface area (Å²) in [5.74, 6) is -0.788. The third-order valence-corrected chi connectivity index (χ3v) is 4.31. The summed E-state index contributed by atoms with van der Waals surface area (Å²) >= 11 is 0. The number of hydrogen-bond donors (Lipinski definition) is 0. The molecule has 0 bridgehead atoms. The highest BCUT2D eigenvalue weighted by atomic mass is 19.4. The monoisotopic (exact) mass is 343 g/mol. The van der Waals surface area contributed by atoms with Crippen LogP contribution in [0.15, 0.2) is 24.3 Å². The molecular weight excluding hydrogens is 319 g/mol. The Morgan fingerprint density at radius 3 is 2.54 bits per heavy atom. The molecule has 2 unspecified atom stereocenters. The normalized spacial score (nSPS) is 21.5. The summed E-state index contributed by atoms with van der Waals surface area (Å²) in [6.07, 6.45) is -3.09. The van der Waals surface area contributed by atoms with Crippen LogP contribution in [0.25, 0.3) is 0 Å². The van der Waals surface area contributed by atoms with Crippen LogP contribution >= 0.6 is 0 Å². The van der Waals surface area contributed by atoms with Gasteiger partial charge in [-0.05, 0) is 38.7 Å². The van der Waals surface area contributed by atoms with Crippen LogP contribution in [-0.2, 0) is 16.0 Å². The number of amides is 1. The smallest absolute Gasteiger partial charge is 0.378 e. The van der Waals surface area contributed by atoms with Gasteiger partial charge in [-0.3, -0.25) is 4.79 Å². The van der Waals surface area contributed by atoms with Crippen LogP contribution < -0.4 is 0 Å². The number of nitrogens with zero attached hydrogens (tertiary/aromatic N) is 1. The van der Waals surface area contributed by atoms with Gasteiger partial charge in [0.2, 0.25) is 5.91 Å². The van der Waals surface area contributed by atoms with Gasteiger partial charge in [0.1, 0.15) is 6.54 Å². The van der Waals surface area contributed by atoms with E-state index in [4.69, 9.17) is 4.74 Å². The summed E-state index contributed by atoms with van der Waals surface area (Å²) in [5, 5.41) is 0. The van der Waals surface area contributed by atoms with Gasteiger partial charge in [-0.1, -0.05) is 29.8 Å². The molecule has 24 heavy (non-hydrogen) atoms. The van der Waals surface area contributed by atoms with Crippen LogP contribution in [0.3, 0.4) is 0 Å². The fourth-order valence-corrected chi connectivity index (χ4v) is 2.98. The summed E-state index contributed by atoms with van der Waals surface area (Å²) in [6.45, 7) is 3.11. The minimum absolute atomic E-state index is 0.0765. The first-order chi connectivity index (χ1) is 11.2. The molecular formula is C18H24F3NO2. The molecule has 0 N–H and O–H groups in total. The highest BCUT2D eigenvalue weighted by Gasteiger charge is 2.36. The fraction of sp³-hybridized carbons (Fsp3) is 0.611. The summed E-state index contributed by atoms with van der Waals surface area (Å²) in [5.41, 5.74) is 2.03. The van der Waals surface area contributed by atoms with Gasteiger partial charge in [0.15, 0.2) is 0 Å². The Kier molecular flexibility index (Phi) is 6.27. The number of alkyl halides is 3. The lowest BCUT2D eigenvalue weighted by Crippen LogP contribution is -2.45. The van der Waals surface area contributed by atoms with Gasteiger partial charge in [0.25, 0.3) is 0 Å². The molecule has 0 spiro atoms. The summed E-state index contributed by atoms with van der Waals surface area (Å²) in [4.78, 5) is 13.5. The largest absolute Gasteiger partial charge is 0.406 e. The Bertz CT molecular complexity index is 542. The quantitative estimate of drug-likeness (QED) is 0.815. The second-order valence-corrected chi connectivity index (χ2v) is 6.51. The molecule has 6 heteroatoms. The number of carbonyl (C=O) groups is 1. The number of benzene rings is 1. The third-order valence-electron chi connectivity index (χ3n) is 4.31. The van der Waals surface area contributed by atoms with E-state index in [-0.39, 0.29) is 18.6 Å². The van der Waals surface area contributed by atoms with Crippen molar-refractivity contribution in [3.8, 4) is 0 Å². The SMILES string of the molecule is Cc1ccc(CCN(CC(F)(F)F)C(=O)C2CCOC(C)C2)cc1. The molecule has 0 saturated carbocycles. The van der Waals surface area contributed by atoms with Gasteiger partial charge in [0.05, 0.1) is 6.10 Å². The average Bonchev–Trinajstić information content (AvgIpc) is 2.51. The molecule has 0 radical (unpaired) electrons. The van der Waals surface area contributed by atoms with Crippen molar-refractivity contribution in [3.63, 3.8) is 0 Å². The Morgan fingerprint density at radius 2 is 1.96 bits per heavy atom. The molecule has 2 atom stereocenters. The maximum atomic E-state index is 12.9. The molecule has 3 nitrogen and oxygen atoms in total. The van der Waals surface area contributed by atoms with Crippen LogP contribution in [0.2, 0.25) is 0 Å². The van der Waals surface area contributed by atoms with Crippen molar-refractivity contribution >= 4 is 5.91 Å². The molecule has 1 saturated heterocycles. The molecule has 1 heterocycles. The summed E-state index contributed by atoms with van der Waals surface area (Å²) < 4.78 is 44.0. The van der Waals surface area contributed by atoms with E-state index in [0.717, 1.165) is 16.0 Å². The highest BCUT2D eigenvalue weighted by Crippen LogP contribution is 2.25. The lowest BCUT2D eigenvalue weighted by molar-refractivity contribution is -0.166. The van der Waals surface area contributed by atoms with E-state index in [1.165, 1.54) is 0 Å². The first-order valence-corrected chi connectivity index (χ1v) is 8.27. The first-order valence-electron chi connectivity index (χ1n) is 8.27. The number of halogens is 3. The Labute approximate surface area is 140 Å². The van der Waals surface area contributed by atoms with E-state index in [9.17, 15) is 18.0 Å². The maximum Gasteiger partial charge on any atom is 0.406 e. The standard InChI is InChI=1S/C18H24F3NO2/c1-13-3-5-15(6-4-13)7-9-22(12-18(19,20)21)17(23)16-8-10-24-14(2)11-16/h3-6,14,16H,7-12H2,1-2H3. The summed E-state index contributed by atoms with van der Waals surface area (Å²) in [6, 6.07) is 7.63. The number of aryl methyl sites for hydroxylation is 1. The van der Waals surface area contributed by atoms with Crippen molar-refractivity contribution in [2.24, 2.45) is 5.92 Å². The molecule has 1 aromatic rings. The highest BCUT2D eigenvalue weighted by molar-refractivity contribution is 5.79. The first kappa shape index (κ1) is 18.8. The number of hydrogen-bond acceptors (Lipinski definition) is 2. The average molecular weight is 343 g/mol. The van der Waals surface area contributed by atoms with Crippen LogP contribution in [0, 0.1) is 12.8 Å². The molecule has 1 aliphatic heterocycles. The van der Waals surface area contributed by atoms with Crippen LogP contribution in [-0.4, -0.2) is 42.8 Å². The number of carbonyl (C=O) groups excluding carboxylic acids is 1. The lowest BCUT2D eigenvalue weighted by Gasteiger charge is -2.32. The summed E-state index contributed by atoms with van der Waals surface area (Å²) in [7, 11) is 0. The Hall–Kier alpha value is -1.56. The van der Waals surface area contributed by atoms with Crippen LogP contribution in [0.4, 0.5) is 13.2 Å². The van der Waals surface area contributed by atoms with Gasteiger partial charge < -0.3 is 9.64 Å². The topological polar surface area (TPSA) is 29.5 Å². The predicted molar refractivity (Wildman–Crippen MR) is 85.7 cm³/mol. The van der Waals surface area contributed by atoms with E-state index >= 15 is 0 Å². The second kappa shape index (κ2) is 8.01. The molecule has 1 amide bonds. The van der Waals surface area contributed by atoms with Crippen molar-refractivity contribution in [1.29, 1.82) is 0 Å². The Balaban J connectivity index is 2.03. The minimum Gasteiger partial charge on any atom is -0.378 e. The molecule has 2 rings (SSSR count). The lowest BCUT2D eigenvalue weighted by atomic mass is 9.94. The van der Waals surface area contributed by atoms with Crippen molar-refractivity contribution < 1.29 is 22.7 Å². The van der Waals surface area contributed by atoms with E-state index in [1.54, 1.807) is 0 Å². The van der Waals surface area contributed by atoms with E-state index in [1.807, 2.05) is 38.1 Å². The van der Waals surface area contributed by atoms with Crippen LogP contribution in [0.5, 0.6) is 0 Å². The maximum absolute atomic E-state index is 12.9. The van der Waals surface area contributed by atoms with Gasteiger partial charge in [0, 0.05) is 19.1 Å². The number of rotatable bonds is 5. The van der Waals surface area contributed by atoms with Crippen molar-refractivity contribution in [2.75, 3.05) is 19.7 Å². The fourth-order valence-electron chi connectivity index (χ4n) is 2.98. The number of ether oxygens (including phenoxy) is 1. The molecule has 1 fully saturated rings. The molecule has 1 aromatic carbocycles. The van der Waals surface area contributed by atoms with E-state index in [0.29, 0.717) is 25.9 Å². The van der Waals surface area contributed by atoms with Crippen molar-refractivity contribution in [1.82, 2.24) is 4.90 Å². The van der Waals surface area contributed by atoms with E-state index < -0.39 is 18.6 Å². The van der Waals surface area contributed by atoms with Crippen molar-refractivity contribution in [3.05, 3.63) is 35.4 Å². The molecule has 1 aliphatic rings. The zero-order valence-corrected chi connectivity index (χ0v) is 14.1. The van der Waals surface area contributed by atoms with E-state index in [2.05, 4.69) is 0 Å². The zero-order chi connectivity index (χ0) is 17.7. The van der Waals surface area contributed by atoms with Crippen LogP contribution in [0.1, 0.15) is 30.9 Å². The molecule has 0 aliphatic carbocycles. The zero-order valence-electron chi connectivity index (χ0n) is 14.1. The van der Waals surface area contributed by atoms with Gasteiger partial charge in [-0.15, -0.1) is 0 Å². The van der Waals surface area contributed by atoms with Crippen molar-refractivity contribution in [2.45, 2.75) is 45.4 Å². The van der Waals surface area contributed by atoms with Gasteiger partial charge >= 0.3 is 6.18 Å². The minimum atomic E-state index is -4.39. The molecule has 134 valence electrons. The molecule has 0 aromatic heterocycles. The van der Waals surface area contributed by atoms with Gasteiger partial charge in [-0.2, -0.15) is 13.2 Å². The predicted octanol–water partition coefficient (Wildman–Crippen LogP) is 3.74. The second-order valence-electron chi connectivity index (χ2n) is 6.51. The van der Waals surface area contributed by atoms with Gasteiger partial charge in [-0.25, -0.2) is 0 Å². The Morgan fingerprint density at radius 1 is 1.29 bits per heavy atom.